The van der Waals surface area contributed by atoms with E-state index in [9.17, 15) is 4.79 Å². The molecule has 46 heavy (non-hydrogen) atoms. The van der Waals surface area contributed by atoms with Gasteiger partial charge in [0.2, 0.25) is 0 Å². The lowest BCUT2D eigenvalue weighted by Crippen LogP contribution is -2.56. The Bertz CT molecular complexity index is 1850. The van der Waals surface area contributed by atoms with Crippen LogP contribution in [0.2, 0.25) is 0 Å². The first-order valence-electron chi connectivity index (χ1n) is 16.1. The van der Waals surface area contributed by atoms with Gasteiger partial charge in [0.15, 0.2) is 0 Å². The third-order valence-electron chi connectivity index (χ3n) is 9.91. The fraction of sp³-hybridized carbons (Fsp3) is 0.159. The highest BCUT2D eigenvalue weighted by Gasteiger charge is 2.49. The number of rotatable bonds is 6. The average Bonchev–Trinajstić information content (AvgIpc) is 3.10. The van der Waals surface area contributed by atoms with Crippen molar-refractivity contribution in [1.82, 2.24) is 0 Å². The minimum absolute atomic E-state index is 0.0233. The summed E-state index contributed by atoms with van der Waals surface area (Å²) in [6.07, 6.45) is 0.772. The maximum Gasteiger partial charge on any atom is 0.258 e. The van der Waals surface area contributed by atoms with Crippen molar-refractivity contribution in [3.05, 3.63) is 209 Å². The number of fused-ring (bicyclic) bond motifs is 1. The first-order chi connectivity index (χ1) is 22.4. The van der Waals surface area contributed by atoms with Crippen LogP contribution in [-0.4, -0.2) is 11.4 Å². The Kier molecular flexibility index (Phi) is 7.45. The number of anilines is 1. The second kappa shape index (κ2) is 11.6. The molecule has 0 spiro atoms. The Morgan fingerprint density at radius 1 is 0.543 bits per heavy atom. The Labute approximate surface area is 273 Å². The standard InChI is InChI=1S/C44H39NO/c1-42(2)32-43(3,34-21-11-5-12-22-34)39-31-38(29-30-40(39)45(42)41(46)33-19-9-4-10-20-33)44(35-23-13-6-14-24-35,36-25-15-7-16-26-36)37-27-17-8-18-28-37/h4-31H,32H2,1-3H3. The number of carbonyl (C=O) groups is 1. The minimum atomic E-state index is -0.586. The molecule has 1 heterocycles. The first kappa shape index (κ1) is 29.5. The predicted molar refractivity (Wildman–Crippen MR) is 190 cm³/mol. The van der Waals surface area contributed by atoms with Gasteiger partial charge in [-0.25, -0.2) is 0 Å². The van der Waals surface area contributed by atoms with Crippen LogP contribution in [0.5, 0.6) is 0 Å². The molecule has 0 radical (unpaired) electrons. The van der Waals surface area contributed by atoms with Crippen molar-refractivity contribution < 1.29 is 4.79 Å². The number of amides is 1. The molecule has 1 atom stereocenters. The van der Waals surface area contributed by atoms with Crippen molar-refractivity contribution in [3.8, 4) is 0 Å². The number of hydrogen-bond donors (Lipinski definition) is 0. The molecule has 0 aliphatic carbocycles. The van der Waals surface area contributed by atoms with Crippen molar-refractivity contribution in [2.75, 3.05) is 4.90 Å². The van der Waals surface area contributed by atoms with Gasteiger partial charge in [-0.05, 0) is 71.8 Å². The third-order valence-corrected chi connectivity index (χ3v) is 9.91. The topological polar surface area (TPSA) is 20.3 Å². The molecule has 7 rings (SSSR count). The number of benzene rings is 6. The van der Waals surface area contributed by atoms with Gasteiger partial charge >= 0.3 is 0 Å². The van der Waals surface area contributed by atoms with Crippen molar-refractivity contribution >= 4 is 11.6 Å². The number of hydrogen-bond acceptors (Lipinski definition) is 1. The van der Waals surface area contributed by atoms with Gasteiger partial charge in [-0.1, -0.05) is 159 Å². The number of nitrogens with zero attached hydrogens (tertiary/aromatic N) is 1. The van der Waals surface area contributed by atoms with E-state index in [2.05, 4.69) is 160 Å². The summed E-state index contributed by atoms with van der Waals surface area (Å²) >= 11 is 0. The zero-order valence-electron chi connectivity index (χ0n) is 26.7. The van der Waals surface area contributed by atoms with Crippen LogP contribution in [0.25, 0.3) is 0 Å². The summed E-state index contributed by atoms with van der Waals surface area (Å²) in [5.74, 6) is 0.0233. The SMILES string of the molecule is CC1(c2ccccc2)CC(C)(C)N(C(=O)c2ccccc2)c2ccc(C(c3ccccc3)(c3ccccc3)c3ccccc3)cc21. The highest BCUT2D eigenvalue weighted by molar-refractivity contribution is 6.08. The lowest BCUT2D eigenvalue weighted by atomic mass is 9.61. The molecule has 2 heteroatoms. The van der Waals surface area contributed by atoms with Crippen LogP contribution >= 0.6 is 0 Å². The van der Waals surface area contributed by atoms with E-state index in [0.717, 1.165) is 17.7 Å². The van der Waals surface area contributed by atoms with Crippen LogP contribution in [0.3, 0.4) is 0 Å². The summed E-state index contributed by atoms with van der Waals surface area (Å²) in [5.41, 5.74) is 7.45. The van der Waals surface area contributed by atoms with Gasteiger partial charge in [0.05, 0.1) is 5.41 Å². The highest BCUT2D eigenvalue weighted by Crippen LogP contribution is 2.53. The van der Waals surface area contributed by atoms with E-state index in [0.29, 0.717) is 5.56 Å². The van der Waals surface area contributed by atoms with Gasteiger partial charge in [-0.15, -0.1) is 0 Å². The minimum Gasteiger partial charge on any atom is -0.302 e. The Balaban J connectivity index is 1.56. The molecule has 0 N–H and O–H groups in total. The second-order valence-electron chi connectivity index (χ2n) is 13.3. The van der Waals surface area contributed by atoms with Crippen LogP contribution in [0.1, 0.15) is 70.9 Å². The van der Waals surface area contributed by atoms with Crippen LogP contribution in [-0.2, 0) is 10.8 Å². The van der Waals surface area contributed by atoms with Crippen LogP contribution < -0.4 is 4.90 Å². The molecule has 6 aromatic rings. The fourth-order valence-corrected chi connectivity index (χ4v) is 7.99. The molecule has 0 saturated carbocycles. The quantitative estimate of drug-likeness (QED) is 0.175. The largest absolute Gasteiger partial charge is 0.302 e. The second-order valence-corrected chi connectivity index (χ2v) is 13.3. The molecule has 1 unspecified atom stereocenters. The van der Waals surface area contributed by atoms with Gasteiger partial charge in [-0.3, -0.25) is 4.79 Å². The zero-order valence-corrected chi connectivity index (χ0v) is 26.7. The van der Waals surface area contributed by atoms with Gasteiger partial charge in [0.25, 0.3) is 5.91 Å². The summed E-state index contributed by atoms with van der Waals surface area (Å²) < 4.78 is 0. The molecule has 0 fully saturated rings. The van der Waals surface area contributed by atoms with Crippen molar-refractivity contribution in [3.63, 3.8) is 0 Å². The summed E-state index contributed by atoms with van der Waals surface area (Å²) in [6, 6.07) is 59.8. The summed E-state index contributed by atoms with van der Waals surface area (Å²) in [6.45, 7) is 6.76. The molecule has 1 amide bonds. The summed E-state index contributed by atoms with van der Waals surface area (Å²) in [4.78, 5) is 16.4. The molecule has 0 aromatic heterocycles. The van der Waals surface area contributed by atoms with Crippen LogP contribution in [0, 0.1) is 0 Å². The van der Waals surface area contributed by atoms with Crippen molar-refractivity contribution in [2.24, 2.45) is 0 Å². The van der Waals surface area contributed by atoms with Gasteiger partial charge in [0, 0.05) is 22.2 Å². The normalized spacial score (nSPS) is 17.2. The predicted octanol–water partition coefficient (Wildman–Crippen LogP) is 10.2. The Morgan fingerprint density at radius 3 is 1.46 bits per heavy atom. The van der Waals surface area contributed by atoms with E-state index < -0.39 is 11.0 Å². The molecule has 226 valence electrons. The monoisotopic (exact) mass is 597 g/mol. The van der Waals surface area contributed by atoms with Crippen LogP contribution in [0.4, 0.5) is 5.69 Å². The van der Waals surface area contributed by atoms with Gasteiger partial charge in [-0.2, -0.15) is 0 Å². The smallest absolute Gasteiger partial charge is 0.258 e. The van der Waals surface area contributed by atoms with E-state index in [1.165, 1.54) is 27.8 Å². The molecule has 1 aliphatic heterocycles. The van der Waals surface area contributed by atoms with Crippen molar-refractivity contribution in [2.45, 2.75) is 43.6 Å². The fourth-order valence-electron chi connectivity index (χ4n) is 7.99. The Hall–Kier alpha value is -5.21. The molecular formula is C44H39NO. The molecule has 1 aliphatic rings. The van der Waals surface area contributed by atoms with E-state index >= 15 is 0 Å². The maximum atomic E-state index is 14.4. The van der Waals surface area contributed by atoms with E-state index in [-0.39, 0.29) is 11.3 Å². The van der Waals surface area contributed by atoms with Crippen LogP contribution in [0.15, 0.2) is 170 Å². The molecule has 0 bridgehead atoms. The van der Waals surface area contributed by atoms with Gasteiger partial charge in [0.1, 0.15) is 0 Å². The molecule has 0 saturated heterocycles. The third kappa shape index (κ3) is 4.77. The summed E-state index contributed by atoms with van der Waals surface area (Å²) in [5, 5.41) is 0. The maximum absolute atomic E-state index is 14.4. The Morgan fingerprint density at radius 2 is 0.978 bits per heavy atom. The number of carbonyl (C=O) groups excluding carboxylic acids is 1. The van der Waals surface area contributed by atoms with E-state index in [4.69, 9.17) is 0 Å². The highest BCUT2D eigenvalue weighted by atomic mass is 16.2. The lowest BCUT2D eigenvalue weighted by Gasteiger charge is -2.52. The lowest BCUT2D eigenvalue weighted by molar-refractivity contribution is 0.0948. The molecular weight excluding hydrogens is 558 g/mol. The van der Waals surface area contributed by atoms with Crippen molar-refractivity contribution in [1.29, 1.82) is 0 Å². The molecule has 6 aromatic carbocycles. The summed E-state index contributed by atoms with van der Waals surface area (Å²) in [7, 11) is 0. The average molecular weight is 598 g/mol. The zero-order chi connectivity index (χ0) is 31.8. The van der Waals surface area contributed by atoms with E-state index in [1.54, 1.807) is 0 Å². The molecule has 2 nitrogen and oxygen atoms in total. The first-order valence-corrected chi connectivity index (χ1v) is 16.1. The van der Waals surface area contributed by atoms with E-state index in [1.807, 2.05) is 35.2 Å². The van der Waals surface area contributed by atoms with Gasteiger partial charge < -0.3 is 4.90 Å².